The number of ether oxygens (including phenoxy) is 1. The van der Waals surface area contributed by atoms with Gasteiger partial charge in [0.2, 0.25) is 0 Å². The Balaban J connectivity index is 2.54. The number of carbonyl (C=O) groups is 1. The van der Waals surface area contributed by atoms with Gasteiger partial charge in [-0.3, -0.25) is 9.78 Å². The molecule has 2 N–H and O–H groups in total. The van der Waals surface area contributed by atoms with Crippen molar-refractivity contribution in [1.29, 1.82) is 0 Å². The van der Waals surface area contributed by atoms with E-state index in [0.717, 1.165) is 24.2 Å². The second-order valence-corrected chi connectivity index (χ2v) is 4.97. The summed E-state index contributed by atoms with van der Waals surface area (Å²) in [5.41, 5.74) is 1.76. The number of pyridine rings is 1. The number of rotatable bonds is 8. The van der Waals surface area contributed by atoms with E-state index < -0.39 is 0 Å². The number of carbonyl (C=O) groups excluding carboxylic acids is 1. The van der Waals surface area contributed by atoms with E-state index in [1.165, 1.54) is 0 Å². The smallest absolute Gasteiger partial charge is 0.258 e. The average Bonchev–Trinajstić information content (AvgIpc) is 2.38. The Morgan fingerprint density at radius 3 is 2.85 bits per heavy atom. The number of amides is 1. The third-order valence-electron chi connectivity index (χ3n) is 2.90. The maximum Gasteiger partial charge on any atom is 0.258 e. The molecule has 1 amide bonds. The van der Waals surface area contributed by atoms with Crippen molar-refractivity contribution < 1.29 is 9.53 Å². The molecule has 1 rings (SSSR count). The molecule has 1 heterocycles. The van der Waals surface area contributed by atoms with E-state index in [4.69, 9.17) is 4.74 Å². The van der Waals surface area contributed by atoms with Crippen LogP contribution in [0.25, 0.3) is 0 Å². The minimum absolute atomic E-state index is 0.0233. The molecule has 0 saturated carbocycles. The summed E-state index contributed by atoms with van der Waals surface area (Å²) in [6.45, 7) is 6.67. The van der Waals surface area contributed by atoms with Gasteiger partial charge in [-0.1, -0.05) is 13.3 Å². The summed E-state index contributed by atoms with van der Waals surface area (Å²) < 4.78 is 5.57. The van der Waals surface area contributed by atoms with Gasteiger partial charge in [0.1, 0.15) is 5.75 Å². The van der Waals surface area contributed by atoms with Crippen LogP contribution in [-0.2, 0) is 11.3 Å². The molecule has 1 unspecified atom stereocenters. The molecule has 5 heteroatoms. The van der Waals surface area contributed by atoms with E-state index in [-0.39, 0.29) is 18.6 Å². The van der Waals surface area contributed by atoms with Crippen LogP contribution in [0.5, 0.6) is 5.75 Å². The van der Waals surface area contributed by atoms with E-state index in [1.807, 2.05) is 33.0 Å². The summed E-state index contributed by atoms with van der Waals surface area (Å²) in [4.78, 5) is 16.2. The first kappa shape index (κ1) is 16.4. The number of nitrogens with one attached hydrogen (secondary N) is 2. The zero-order chi connectivity index (χ0) is 15.0. The Kier molecular flexibility index (Phi) is 7.01. The lowest BCUT2D eigenvalue weighted by Gasteiger charge is -2.14. The number of hydrogen-bond donors (Lipinski definition) is 2. The fourth-order valence-electron chi connectivity index (χ4n) is 1.99. The third-order valence-corrected chi connectivity index (χ3v) is 2.90. The highest BCUT2D eigenvalue weighted by molar-refractivity contribution is 5.77. The summed E-state index contributed by atoms with van der Waals surface area (Å²) in [6, 6.07) is 3.92. The molecule has 0 radical (unpaired) electrons. The molecule has 1 aromatic heterocycles. The zero-order valence-electron chi connectivity index (χ0n) is 12.8. The average molecular weight is 279 g/mol. The molecule has 0 aliphatic heterocycles. The quantitative estimate of drug-likeness (QED) is 0.761. The summed E-state index contributed by atoms with van der Waals surface area (Å²) >= 11 is 0. The highest BCUT2D eigenvalue weighted by Gasteiger charge is 2.10. The SMILES string of the molecule is CCCC(C)NC(=O)COc1ccc(C)nc1CNC. The lowest BCUT2D eigenvalue weighted by Crippen LogP contribution is -2.36. The molecule has 112 valence electrons. The first-order valence-electron chi connectivity index (χ1n) is 7.10. The predicted octanol–water partition coefficient (Wildman–Crippen LogP) is 1.79. The molecule has 0 aromatic carbocycles. The molecule has 1 atom stereocenters. The Hall–Kier alpha value is -1.62. The number of aryl methyl sites for hydroxylation is 1. The van der Waals surface area contributed by atoms with Gasteiger partial charge < -0.3 is 15.4 Å². The maximum atomic E-state index is 11.8. The zero-order valence-corrected chi connectivity index (χ0v) is 12.8. The van der Waals surface area contributed by atoms with Crippen LogP contribution in [0.1, 0.15) is 38.1 Å². The van der Waals surface area contributed by atoms with Crippen LogP contribution in [0.15, 0.2) is 12.1 Å². The normalized spacial score (nSPS) is 12.0. The largest absolute Gasteiger partial charge is 0.482 e. The highest BCUT2D eigenvalue weighted by Crippen LogP contribution is 2.16. The molecule has 0 fully saturated rings. The third kappa shape index (κ3) is 5.57. The minimum Gasteiger partial charge on any atom is -0.482 e. The Bertz CT molecular complexity index is 435. The van der Waals surface area contributed by atoms with Crippen LogP contribution in [0.2, 0.25) is 0 Å². The van der Waals surface area contributed by atoms with Gasteiger partial charge in [-0.15, -0.1) is 0 Å². The van der Waals surface area contributed by atoms with Crippen molar-refractivity contribution in [3.8, 4) is 5.75 Å². The molecule has 0 aliphatic carbocycles. The lowest BCUT2D eigenvalue weighted by molar-refractivity contribution is -0.123. The second kappa shape index (κ2) is 8.53. The highest BCUT2D eigenvalue weighted by atomic mass is 16.5. The number of aromatic nitrogens is 1. The number of nitrogens with zero attached hydrogens (tertiary/aromatic N) is 1. The summed E-state index contributed by atoms with van der Waals surface area (Å²) in [6.07, 6.45) is 2.03. The van der Waals surface area contributed by atoms with Gasteiger partial charge in [-0.2, -0.15) is 0 Å². The lowest BCUT2D eigenvalue weighted by atomic mass is 10.2. The van der Waals surface area contributed by atoms with Crippen LogP contribution in [0, 0.1) is 6.92 Å². The molecule has 0 aliphatic rings. The van der Waals surface area contributed by atoms with Gasteiger partial charge in [0.05, 0.1) is 5.69 Å². The first-order valence-corrected chi connectivity index (χ1v) is 7.10. The van der Waals surface area contributed by atoms with Gasteiger partial charge in [-0.25, -0.2) is 0 Å². The van der Waals surface area contributed by atoms with Gasteiger partial charge in [-0.05, 0) is 39.4 Å². The van der Waals surface area contributed by atoms with Gasteiger partial charge >= 0.3 is 0 Å². The van der Waals surface area contributed by atoms with Gasteiger partial charge in [0.25, 0.3) is 5.91 Å². The van der Waals surface area contributed by atoms with E-state index in [0.29, 0.717) is 12.3 Å². The topological polar surface area (TPSA) is 63.2 Å². The van der Waals surface area contributed by atoms with E-state index in [2.05, 4.69) is 22.5 Å². The molecular formula is C15H25N3O2. The molecule has 1 aromatic rings. The Labute approximate surface area is 121 Å². The van der Waals surface area contributed by atoms with Crippen LogP contribution < -0.4 is 15.4 Å². The second-order valence-electron chi connectivity index (χ2n) is 4.97. The van der Waals surface area contributed by atoms with Gasteiger partial charge in [0.15, 0.2) is 6.61 Å². The molecule has 0 bridgehead atoms. The standard InChI is InChI=1S/C15H25N3O2/c1-5-6-11(2)18-15(19)10-20-14-8-7-12(3)17-13(14)9-16-4/h7-8,11,16H,5-6,9-10H2,1-4H3,(H,18,19). The van der Waals surface area contributed by atoms with Crippen molar-refractivity contribution in [2.24, 2.45) is 0 Å². The number of hydrogen-bond acceptors (Lipinski definition) is 4. The van der Waals surface area contributed by atoms with Crippen molar-refractivity contribution in [3.05, 3.63) is 23.5 Å². The molecule has 20 heavy (non-hydrogen) atoms. The summed E-state index contributed by atoms with van der Waals surface area (Å²) in [7, 11) is 1.85. The molecule has 5 nitrogen and oxygen atoms in total. The fraction of sp³-hybridized carbons (Fsp3) is 0.600. The van der Waals surface area contributed by atoms with Crippen LogP contribution >= 0.6 is 0 Å². The fourth-order valence-corrected chi connectivity index (χ4v) is 1.99. The van der Waals surface area contributed by atoms with E-state index in [1.54, 1.807) is 0 Å². The Morgan fingerprint density at radius 2 is 2.20 bits per heavy atom. The van der Waals surface area contributed by atoms with Crippen molar-refractivity contribution in [3.63, 3.8) is 0 Å². The van der Waals surface area contributed by atoms with Crippen molar-refractivity contribution in [2.45, 2.75) is 46.2 Å². The molecule has 0 saturated heterocycles. The molecular weight excluding hydrogens is 254 g/mol. The van der Waals surface area contributed by atoms with Crippen LogP contribution in [0.4, 0.5) is 0 Å². The monoisotopic (exact) mass is 279 g/mol. The van der Waals surface area contributed by atoms with Crippen molar-refractivity contribution >= 4 is 5.91 Å². The van der Waals surface area contributed by atoms with Crippen LogP contribution in [0.3, 0.4) is 0 Å². The molecule has 0 spiro atoms. The van der Waals surface area contributed by atoms with E-state index >= 15 is 0 Å². The predicted molar refractivity (Wildman–Crippen MR) is 79.7 cm³/mol. The van der Waals surface area contributed by atoms with Gasteiger partial charge in [0, 0.05) is 18.3 Å². The maximum absolute atomic E-state index is 11.8. The minimum atomic E-state index is -0.0954. The first-order chi connectivity index (χ1) is 9.56. The van der Waals surface area contributed by atoms with Crippen LogP contribution in [-0.4, -0.2) is 30.6 Å². The van der Waals surface area contributed by atoms with E-state index in [9.17, 15) is 4.79 Å². The summed E-state index contributed by atoms with van der Waals surface area (Å²) in [5.74, 6) is 0.560. The Morgan fingerprint density at radius 1 is 1.45 bits per heavy atom. The van der Waals surface area contributed by atoms with Crippen molar-refractivity contribution in [1.82, 2.24) is 15.6 Å². The van der Waals surface area contributed by atoms with Crippen molar-refractivity contribution in [2.75, 3.05) is 13.7 Å². The summed E-state index contributed by atoms with van der Waals surface area (Å²) in [5, 5.41) is 5.96.